The topological polar surface area (TPSA) is 50.8 Å². The SMILES string of the molecule is CC(C)(C)OC(=O)N1CCC(NOC2CCCC2)C1. The Hall–Kier alpha value is -0.810. The number of nitrogens with zero attached hydrogens (tertiary/aromatic N) is 1. The summed E-state index contributed by atoms with van der Waals surface area (Å²) in [5.41, 5.74) is 2.69. The first-order valence-corrected chi connectivity index (χ1v) is 7.33. The molecule has 1 saturated heterocycles. The Morgan fingerprint density at radius 3 is 2.53 bits per heavy atom. The molecular formula is C14H26N2O3. The molecule has 110 valence electrons. The molecule has 5 heteroatoms. The van der Waals surface area contributed by atoms with E-state index < -0.39 is 5.60 Å². The molecule has 1 heterocycles. The number of hydrogen-bond donors (Lipinski definition) is 1. The van der Waals surface area contributed by atoms with E-state index in [1.54, 1.807) is 4.90 Å². The molecule has 2 fully saturated rings. The van der Waals surface area contributed by atoms with Crippen LogP contribution in [0.15, 0.2) is 0 Å². The lowest BCUT2D eigenvalue weighted by Crippen LogP contribution is -2.39. The van der Waals surface area contributed by atoms with E-state index >= 15 is 0 Å². The molecule has 1 unspecified atom stereocenters. The van der Waals surface area contributed by atoms with Gasteiger partial charge < -0.3 is 9.64 Å². The monoisotopic (exact) mass is 270 g/mol. The summed E-state index contributed by atoms with van der Waals surface area (Å²) in [5.74, 6) is 0. The van der Waals surface area contributed by atoms with Crippen molar-refractivity contribution in [1.29, 1.82) is 0 Å². The van der Waals surface area contributed by atoms with Gasteiger partial charge in [-0.2, -0.15) is 5.48 Å². The van der Waals surface area contributed by atoms with Crippen LogP contribution in [0.2, 0.25) is 0 Å². The number of amides is 1. The normalized spacial score (nSPS) is 25.0. The Balaban J connectivity index is 1.68. The standard InChI is InChI=1S/C14H26N2O3/c1-14(2,3)18-13(17)16-9-8-11(10-16)15-19-12-6-4-5-7-12/h11-12,15H,4-10H2,1-3H3. The molecule has 0 radical (unpaired) electrons. The zero-order valence-corrected chi connectivity index (χ0v) is 12.3. The molecule has 2 aliphatic rings. The first kappa shape index (κ1) is 14.6. The molecular weight excluding hydrogens is 244 g/mol. The van der Waals surface area contributed by atoms with Crippen LogP contribution in [0.25, 0.3) is 0 Å². The van der Waals surface area contributed by atoms with Crippen molar-refractivity contribution in [3.05, 3.63) is 0 Å². The van der Waals surface area contributed by atoms with Crippen LogP contribution in [0, 0.1) is 0 Å². The zero-order chi connectivity index (χ0) is 13.9. The van der Waals surface area contributed by atoms with Crippen LogP contribution in [0.3, 0.4) is 0 Å². The fraction of sp³-hybridized carbons (Fsp3) is 0.929. The van der Waals surface area contributed by atoms with Crippen LogP contribution >= 0.6 is 0 Å². The minimum atomic E-state index is -0.428. The molecule has 2 rings (SSSR count). The molecule has 1 aliphatic heterocycles. The predicted octanol–water partition coefficient (Wildman–Crippen LogP) is 2.46. The summed E-state index contributed by atoms with van der Waals surface area (Å²) in [7, 11) is 0. The zero-order valence-electron chi connectivity index (χ0n) is 12.3. The van der Waals surface area contributed by atoms with E-state index in [-0.39, 0.29) is 12.1 Å². The number of likely N-dealkylation sites (tertiary alicyclic amines) is 1. The van der Waals surface area contributed by atoms with Gasteiger partial charge in [-0.25, -0.2) is 4.79 Å². The first-order chi connectivity index (χ1) is 8.94. The number of carbonyl (C=O) groups excluding carboxylic acids is 1. The van der Waals surface area contributed by atoms with Gasteiger partial charge in [0.1, 0.15) is 5.60 Å². The van der Waals surface area contributed by atoms with Gasteiger partial charge in [-0.3, -0.25) is 4.84 Å². The summed E-state index contributed by atoms with van der Waals surface area (Å²) >= 11 is 0. The Labute approximate surface area is 115 Å². The lowest BCUT2D eigenvalue weighted by molar-refractivity contribution is -0.0386. The number of hydroxylamine groups is 1. The van der Waals surface area contributed by atoms with E-state index in [1.165, 1.54) is 12.8 Å². The Morgan fingerprint density at radius 2 is 1.89 bits per heavy atom. The largest absolute Gasteiger partial charge is 0.444 e. The van der Waals surface area contributed by atoms with Gasteiger partial charge in [0.15, 0.2) is 0 Å². The smallest absolute Gasteiger partial charge is 0.410 e. The Kier molecular flexibility index (Phi) is 4.68. The molecule has 0 bridgehead atoms. The number of nitrogens with one attached hydrogen (secondary N) is 1. The van der Waals surface area contributed by atoms with Gasteiger partial charge in [-0.15, -0.1) is 0 Å². The average Bonchev–Trinajstić information content (AvgIpc) is 2.96. The van der Waals surface area contributed by atoms with Crippen LogP contribution < -0.4 is 5.48 Å². The van der Waals surface area contributed by atoms with E-state index in [9.17, 15) is 4.79 Å². The van der Waals surface area contributed by atoms with Gasteiger partial charge in [-0.1, -0.05) is 12.8 Å². The Bertz CT molecular complexity index is 308. The van der Waals surface area contributed by atoms with Gasteiger partial charge in [0.05, 0.1) is 12.1 Å². The highest BCUT2D eigenvalue weighted by molar-refractivity contribution is 5.68. The van der Waals surface area contributed by atoms with Crippen molar-refractivity contribution in [3.63, 3.8) is 0 Å². The van der Waals surface area contributed by atoms with Crippen LogP contribution in [-0.2, 0) is 9.57 Å². The van der Waals surface area contributed by atoms with Gasteiger partial charge in [-0.05, 0) is 40.0 Å². The Morgan fingerprint density at radius 1 is 1.21 bits per heavy atom. The second-order valence-electron chi connectivity index (χ2n) is 6.55. The minimum Gasteiger partial charge on any atom is -0.444 e. The molecule has 1 N–H and O–H groups in total. The minimum absolute atomic E-state index is 0.224. The van der Waals surface area contributed by atoms with Crippen LogP contribution in [0.5, 0.6) is 0 Å². The van der Waals surface area contributed by atoms with Crippen LogP contribution in [0.4, 0.5) is 4.79 Å². The average molecular weight is 270 g/mol. The van der Waals surface area contributed by atoms with Crippen molar-refractivity contribution in [3.8, 4) is 0 Å². The molecule has 0 aromatic heterocycles. The second kappa shape index (κ2) is 6.09. The third-order valence-electron chi connectivity index (χ3n) is 3.54. The summed E-state index contributed by atoms with van der Waals surface area (Å²) in [6.07, 6.45) is 5.88. The predicted molar refractivity (Wildman–Crippen MR) is 72.7 cm³/mol. The van der Waals surface area contributed by atoms with Gasteiger partial charge in [0, 0.05) is 13.1 Å². The van der Waals surface area contributed by atoms with E-state index in [1.807, 2.05) is 20.8 Å². The summed E-state index contributed by atoms with van der Waals surface area (Å²) in [4.78, 5) is 19.3. The lowest BCUT2D eigenvalue weighted by Gasteiger charge is -2.24. The maximum atomic E-state index is 11.9. The third-order valence-corrected chi connectivity index (χ3v) is 3.54. The quantitative estimate of drug-likeness (QED) is 0.800. The maximum absolute atomic E-state index is 11.9. The number of hydrogen-bond acceptors (Lipinski definition) is 4. The van der Waals surface area contributed by atoms with Crippen molar-refractivity contribution in [2.75, 3.05) is 13.1 Å². The highest BCUT2D eigenvalue weighted by atomic mass is 16.7. The second-order valence-corrected chi connectivity index (χ2v) is 6.55. The molecule has 1 aliphatic carbocycles. The molecule has 0 aromatic carbocycles. The summed E-state index contributed by atoms with van der Waals surface area (Å²) in [5, 5.41) is 0. The maximum Gasteiger partial charge on any atom is 0.410 e. The molecule has 1 atom stereocenters. The van der Waals surface area contributed by atoms with E-state index in [2.05, 4.69) is 5.48 Å². The van der Waals surface area contributed by atoms with Gasteiger partial charge >= 0.3 is 6.09 Å². The number of carbonyl (C=O) groups is 1. The lowest BCUT2D eigenvalue weighted by atomic mass is 10.2. The van der Waals surface area contributed by atoms with Crippen LogP contribution in [0.1, 0.15) is 52.9 Å². The van der Waals surface area contributed by atoms with Crippen molar-refractivity contribution < 1.29 is 14.4 Å². The molecule has 0 spiro atoms. The van der Waals surface area contributed by atoms with Crippen molar-refractivity contribution in [2.24, 2.45) is 0 Å². The number of rotatable bonds is 3. The third kappa shape index (κ3) is 4.66. The summed E-state index contributed by atoms with van der Waals surface area (Å²) in [6.45, 7) is 7.07. The van der Waals surface area contributed by atoms with Crippen molar-refractivity contribution in [1.82, 2.24) is 10.4 Å². The van der Waals surface area contributed by atoms with Crippen molar-refractivity contribution in [2.45, 2.75) is 70.6 Å². The number of ether oxygens (including phenoxy) is 1. The van der Waals surface area contributed by atoms with Crippen molar-refractivity contribution >= 4 is 6.09 Å². The van der Waals surface area contributed by atoms with E-state index in [4.69, 9.17) is 9.57 Å². The molecule has 1 saturated carbocycles. The fourth-order valence-corrected chi connectivity index (χ4v) is 2.55. The fourth-order valence-electron chi connectivity index (χ4n) is 2.55. The molecule has 19 heavy (non-hydrogen) atoms. The highest BCUT2D eigenvalue weighted by Gasteiger charge is 2.30. The molecule has 0 aromatic rings. The summed E-state index contributed by atoms with van der Waals surface area (Å²) in [6, 6.07) is 0.230. The van der Waals surface area contributed by atoms with Gasteiger partial charge in [0.2, 0.25) is 0 Å². The van der Waals surface area contributed by atoms with Gasteiger partial charge in [0.25, 0.3) is 0 Å². The van der Waals surface area contributed by atoms with Crippen LogP contribution in [-0.4, -0.2) is 41.8 Å². The molecule has 1 amide bonds. The van der Waals surface area contributed by atoms with E-state index in [0.717, 1.165) is 25.8 Å². The highest BCUT2D eigenvalue weighted by Crippen LogP contribution is 2.21. The molecule has 5 nitrogen and oxygen atoms in total. The summed E-state index contributed by atoms with van der Waals surface area (Å²) < 4.78 is 5.37. The first-order valence-electron chi connectivity index (χ1n) is 7.33. The van der Waals surface area contributed by atoms with E-state index in [0.29, 0.717) is 12.6 Å².